The molecule has 5 rings (SSSR count). The fraction of sp³-hybridized carbons (Fsp3) is 0.522. The monoisotopic (exact) mass is 391 g/mol. The first-order valence-corrected chi connectivity index (χ1v) is 10.9. The lowest BCUT2D eigenvalue weighted by Gasteiger charge is -2.33. The van der Waals surface area contributed by atoms with Crippen LogP contribution < -0.4 is 5.32 Å². The van der Waals surface area contributed by atoms with E-state index in [9.17, 15) is 4.79 Å². The van der Waals surface area contributed by atoms with E-state index in [2.05, 4.69) is 39.5 Å². The molecule has 0 unspecified atom stereocenters. The second kappa shape index (κ2) is 8.20. The van der Waals surface area contributed by atoms with Gasteiger partial charge < -0.3 is 10.2 Å². The van der Waals surface area contributed by atoms with Crippen molar-refractivity contribution in [2.45, 2.75) is 44.7 Å². The van der Waals surface area contributed by atoms with Crippen molar-refractivity contribution in [2.75, 3.05) is 32.7 Å². The van der Waals surface area contributed by atoms with Gasteiger partial charge in [-0.2, -0.15) is 0 Å². The van der Waals surface area contributed by atoms with Crippen molar-refractivity contribution >= 4 is 5.91 Å². The number of piperidine rings is 1. The molecule has 0 aliphatic carbocycles. The van der Waals surface area contributed by atoms with E-state index in [-0.39, 0.29) is 5.91 Å². The molecule has 1 N–H and O–H groups in total. The normalized spacial score (nSPS) is 22.1. The minimum Gasteiger partial charge on any atom is -0.337 e. The summed E-state index contributed by atoms with van der Waals surface area (Å²) in [6.07, 6.45) is 6.17. The van der Waals surface area contributed by atoms with Crippen LogP contribution in [0.5, 0.6) is 0 Å². The van der Waals surface area contributed by atoms with E-state index in [1.165, 1.54) is 17.5 Å². The summed E-state index contributed by atoms with van der Waals surface area (Å²) < 4.78 is 0. The number of carbonyl (C=O) groups is 1. The predicted octanol–water partition coefficient (Wildman–Crippen LogP) is 1.89. The average Bonchev–Trinajstić information content (AvgIpc) is 2.79. The van der Waals surface area contributed by atoms with Gasteiger partial charge in [0.05, 0.1) is 12.2 Å². The Balaban J connectivity index is 1.21. The molecule has 3 aliphatic rings. The number of fused-ring (bicyclic) bond motifs is 2. The number of carbonyl (C=O) groups excluding carboxylic acids is 1. The topological polar surface area (TPSA) is 61.4 Å². The highest BCUT2D eigenvalue weighted by molar-refractivity contribution is 5.78. The summed E-state index contributed by atoms with van der Waals surface area (Å²) in [5, 5.41) is 3.44. The molecule has 1 fully saturated rings. The molecule has 1 aromatic heterocycles. The molecule has 29 heavy (non-hydrogen) atoms. The molecule has 6 nitrogen and oxygen atoms in total. The third kappa shape index (κ3) is 4.05. The average molecular weight is 392 g/mol. The highest BCUT2D eigenvalue weighted by atomic mass is 16.2. The fourth-order valence-electron chi connectivity index (χ4n) is 4.79. The van der Waals surface area contributed by atoms with Crippen molar-refractivity contribution in [1.82, 2.24) is 25.1 Å². The summed E-state index contributed by atoms with van der Waals surface area (Å²) in [7, 11) is 0. The molecule has 1 aromatic carbocycles. The Morgan fingerprint density at radius 2 is 2.00 bits per heavy atom. The molecule has 1 atom stereocenters. The number of rotatable bonds is 3. The third-order valence-electron chi connectivity index (χ3n) is 6.54. The SMILES string of the molecule is O=C(CN1CCc2ccccc2C1)N1CCc2nc([C@@H]3CCCNC3)ncc2C1. The standard InChI is InChI=1S/C23H29N5O/c29-22(16-27-10-7-17-4-1-2-5-19(17)14-27)28-11-8-21-20(15-28)13-25-23(26-21)18-6-3-9-24-12-18/h1-2,4-5,13,18,24H,3,6-12,14-16H2/t18-/m1/s1. The van der Waals surface area contributed by atoms with Gasteiger partial charge in [-0.3, -0.25) is 9.69 Å². The molecule has 1 saturated heterocycles. The number of amides is 1. The Morgan fingerprint density at radius 1 is 1.10 bits per heavy atom. The molecular formula is C23H29N5O. The molecule has 6 heteroatoms. The maximum absolute atomic E-state index is 12.9. The zero-order chi connectivity index (χ0) is 19.6. The van der Waals surface area contributed by atoms with Crippen molar-refractivity contribution < 1.29 is 4.79 Å². The van der Waals surface area contributed by atoms with Gasteiger partial charge in [-0.25, -0.2) is 9.97 Å². The van der Waals surface area contributed by atoms with E-state index in [0.29, 0.717) is 19.0 Å². The van der Waals surface area contributed by atoms with Crippen LogP contribution in [-0.4, -0.2) is 58.4 Å². The van der Waals surface area contributed by atoms with Crippen LogP contribution in [0.15, 0.2) is 30.5 Å². The van der Waals surface area contributed by atoms with Crippen LogP contribution >= 0.6 is 0 Å². The summed E-state index contributed by atoms with van der Waals surface area (Å²) in [5.74, 6) is 1.62. The van der Waals surface area contributed by atoms with Crippen LogP contribution in [0.4, 0.5) is 0 Å². The van der Waals surface area contributed by atoms with Crippen molar-refractivity contribution in [3.63, 3.8) is 0 Å². The van der Waals surface area contributed by atoms with Crippen molar-refractivity contribution in [2.24, 2.45) is 0 Å². The lowest BCUT2D eigenvalue weighted by atomic mass is 9.98. The van der Waals surface area contributed by atoms with Gasteiger partial charge >= 0.3 is 0 Å². The molecule has 152 valence electrons. The van der Waals surface area contributed by atoms with Gasteiger partial charge in [-0.15, -0.1) is 0 Å². The Hall–Kier alpha value is -2.31. The molecule has 0 bridgehead atoms. The second-order valence-corrected chi connectivity index (χ2v) is 8.54. The summed E-state index contributed by atoms with van der Waals surface area (Å²) in [4.78, 5) is 26.7. The van der Waals surface area contributed by atoms with Gasteiger partial charge in [0, 0.05) is 56.8 Å². The third-order valence-corrected chi connectivity index (χ3v) is 6.54. The van der Waals surface area contributed by atoms with Crippen LogP contribution in [0.3, 0.4) is 0 Å². The Bertz CT molecular complexity index is 893. The van der Waals surface area contributed by atoms with Crippen molar-refractivity contribution in [1.29, 1.82) is 0 Å². The molecule has 2 aromatic rings. The van der Waals surface area contributed by atoms with E-state index in [1.807, 2.05) is 11.1 Å². The Labute approximate surface area is 172 Å². The lowest BCUT2D eigenvalue weighted by Crippen LogP contribution is -2.44. The van der Waals surface area contributed by atoms with Crippen LogP contribution in [0, 0.1) is 0 Å². The number of aromatic nitrogens is 2. The second-order valence-electron chi connectivity index (χ2n) is 8.54. The van der Waals surface area contributed by atoms with Crippen LogP contribution in [0.25, 0.3) is 0 Å². The zero-order valence-corrected chi connectivity index (χ0v) is 16.9. The zero-order valence-electron chi connectivity index (χ0n) is 16.9. The number of nitrogens with one attached hydrogen (secondary N) is 1. The molecule has 3 aliphatic heterocycles. The van der Waals surface area contributed by atoms with Gasteiger partial charge in [-0.1, -0.05) is 24.3 Å². The quantitative estimate of drug-likeness (QED) is 0.866. The summed E-state index contributed by atoms with van der Waals surface area (Å²) >= 11 is 0. The van der Waals surface area contributed by atoms with Crippen molar-refractivity contribution in [3.8, 4) is 0 Å². The number of nitrogens with zero attached hydrogens (tertiary/aromatic N) is 4. The molecule has 1 amide bonds. The largest absolute Gasteiger partial charge is 0.337 e. The first kappa shape index (κ1) is 18.7. The smallest absolute Gasteiger partial charge is 0.237 e. The highest BCUT2D eigenvalue weighted by Crippen LogP contribution is 2.24. The summed E-state index contributed by atoms with van der Waals surface area (Å²) in [6.45, 7) is 5.79. The predicted molar refractivity (Wildman–Crippen MR) is 111 cm³/mol. The van der Waals surface area contributed by atoms with E-state index in [4.69, 9.17) is 4.98 Å². The lowest BCUT2D eigenvalue weighted by molar-refractivity contribution is -0.133. The molecular weight excluding hydrogens is 362 g/mol. The molecule has 0 saturated carbocycles. The minimum atomic E-state index is 0.218. The van der Waals surface area contributed by atoms with E-state index >= 15 is 0 Å². The Kier molecular flexibility index (Phi) is 5.29. The highest BCUT2D eigenvalue weighted by Gasteiger charge is 2.26. The summed E-state index contributed by atoms with van der Waals surface area (Å²) in [5.41, 5.74) is 5.02. The molecule has 4 heterocycles. The van der Waals surface area contributed by atoms with Crippen LogP contribution in [0.2, 0.25) is 0 Å². The first-order chi connectivity index (χ1) is 14.3. The van der Waals surface area contributed by atoms with Crippen LogP contribution in [0.1, 0.15) is 47.0 Å². The fourth-order valence-corrected chi connectivity index (χ4v) is 4.79. The first-order valence-electron chi connectivity index (χ1n) is 10.9. The van der Waals surface area contributed by atoms with Gasteiger partial charge in [0.25, 0.3) is 0 Å². The number of benzene rings is 1. The van der Waals surface area contributed by atoms with Crippen molar-refractivity contribution in [3.05, 3.63) is 58.7 Å². The molecule has 0 radical (unpaired) electrons. The maximum Gasteiger partial charge on any atom is 0.237 e. The maximum atomic E-state index is 12.9. The van der Waals surface area contributed by atoms with Crippen LogP contribution in [-0.2, 0) is 30.7 Å². The van der Waals surface area contributed by atoms with E-state index in [0.717, 1.165) is 69.1 Å². The number of hydrogen-bond acceptors (Lipinski definition) is 5. The van der Waals surface area contributed by atoms with Gasteiger partial charge in [0.2, 0.25) is 5.91 Å². The van der Waals surface area contributed by atoms with E-state index < -0.39 is 0 Å². The van der Waals surface area contributed by atoms with Gasteiger partial charge in [0.1, 0.15) is 5.82 Å². The van der Waals surface area contributed by atoms with E-state index in [1.54, 1.807) is 0 Å². The number of hydrogen-bond donors (Lipinski definition) is 1. The summed E-state index contributed by atoms with van der Waals surface area (Å²) in [6, 6.07) is 8.57. The Morgan fingerprint density at radius 3 is 2.86 bits per heavy atom. The van der Waals surface area contributed by atoms with Gasteiger partial charge in [-0.05, 0) is 36.9 Å². The van der Waals surface area contributed by atoms with Gasteiger partial charge in [0.15, 0.2) is 0 Å². The minimum absolute atomic E-state index is 0.218. The molecule has 0 spiro atoms.